The average molecular weight is 196 g/mol. The molecule has 0 aliphatic rings. The highest BCUT2D eigenvalue weighted by molar-refractivity contribution is 7.16. The Morgan fingerprint density at radius 1 is 1.46 bits per heavy atom. The summed E-state index contributed by atoms with van der Waals surface area (Å²) in [7, 11) is 0. The molecule has 0 spiro atoms. The van der Waals surface area contributed by atoms with Crippen LogP contribution in [0.2, 0.25) is 0 Å². The lowest BCUT2D eigenvalue weighted by atomic mass is 10.2. The molecule has 0 saturated carbocycles. The minimum Gasteiger partial charge on any atom is -0.414 e. The van der Waals surface area contributed by atoms with Gasteiger partial charge in [-0.2, -0.15) is 0 Å². The molecule has 1 heterocycles. The molecule has 3 nitrogen and oxygen atoms in total. The lowest BCUT2D eigenvalue weighted by Gasteiger charge is -1.95. The average Bonchev–Trinajstić information content (AvgIpc) is 2.44. The summed E-state index contributed by atoms with van der Waals surface area (Å²) in [6.07, 6.45) is 0.613. The molecule has 0 radical (unpaired) electrons. The molecule has 1 N–H and O–H groups in total. The summed E-state index contributed by atoms with van der Waals surface area (Å²) < 4.78 is 5.74. The molecule has 0 fully saturated rings. The van der Waals surface area contributed by atoms with Crippen molar-refractivity contribution in [1.82, 2.24) is 0 Å². The van der Waals surface area contributed by atoms with Gasteiger partial charge in [-0.05, 0) is 24.1 Å². The first-order valence-electron chi connectivity index (χ1n) is 3.93. The van der Waals surface area contributed by atoms with Crippen molar-refractivity contribution in [2.24, 2.45) is 0 Å². The minimum absolute atomic E-state index is 0.123. The maximum Gasteiger partial charge on any atom is 0.396 e. The predicted octanol–water partition coefficient (Wildman–Crippen LogP) is 1.39. The summed E-state index contributed by atoms with van der Waals surface area (Å²) in [5, 5.41) is 8.72. The fourth-order valence-electron chi connectivity index (χ4n) is 1.20. The van der Waals surface area contributed by atoms with Crippen molar-refractivity contribution in [3.05, 3.63) is 33.5 Å². The van der Waals surface area contributed by atoms with Crippen LogP contribution in [0.25, 0.3) is 10.3 Å². The van der Waals surface area contributed by atoms with E-state index in [1.807, 2.05) is 12.1 Å². The normalized spacial score (nSPS) is 10.8. The van der Waals surface area contributed by atoms with Crippen LogP contribution in [0, 0.1) is 0 Å². The molecule has 13 heavy (non-hydrogen) atoms. The van der Waals surface area contributed by atoms with Crippen LogP contribution in [0.3, 0.4) is 0 Å². The standard InChI is InChI=1S/C9H8O3S/c10-4-3-6-1-2-7-8(5-6)13-9(11)12-7/h1-2,5,10H,3-4H2. The van der Waals surface area contributed by atoms with Crippen molar-refractivity contribution in [2.75, 3.05) is 6.61 Å². The van der Waals surface area contributed by atoms with E-state index < -0.39 is 0 Å². The van der Waals surface area contributed by atoms with E-state index in [2.05, 4.69) is 0 Å². The second-order valence-electron chi connectivity index (χ2n) is 2.71. The van der Waals surface area contributed by atoms with E-state index in [9.17, 15) is 4.79 Å². The lowest BCUT2D eigenvalue weighted by molar-refractivity contribution is 0.299. The van der Waals surface area contributed by atoms with Crippen molar-refractivity contribution < 1.29 is 9.52 Å². The molecule has 0 bridgehead atoms. The van der Waals surface area contributed by atoms with Gasteiger partial charge >= 0.3 is 4.94 Å². The molecular weight excluding hydrogens is 188 g/mol. The molecule has 1 aromatic heterocycles. The van der Waals surface area contributed by atoms with Crippen LogP contribution < -0.4 is 4.94 Å². The fourth-order valence-corrected chi connectivity index (χ4v) is 1.93. The molecular formula is C9H8O3S. The zero-order valence-corrected chi connectivity index (χ0v) is 7.63. The van der Waals surface area contributed by atoms with Crippen LogP contribution in [-0.2, 0) is 6.42 Å². The summed E-state index contributed by atoms with van der Waals surface area (Å²) >= 11 is 1.09. The van der Waals surface area contributed by atoms with Crippen LogP contribution in [0.1, 0.15) is 5.56 Å². The summed E-state index contributed by atoms with van der Waals surface area (Å²) in [6, 6.07) is 5.49. The van der Waals surface area contributed by atoms with Crippen molar-refractivity contribution in [1.29, 1.82) is 0 Å². The van der Waals surface area contributed by atoms with Gasteiger partial charge < -0.3 is 9.52 Å². The first-order valence-corrected chi connectivity index (χ1v) is 4.74. The Hall–Kier alpha value is -1.13. The molecule has 0 atom stereocenters. The van der Waals surface area contributed by atoms with E-state index in [0.717, 1.165) is 21.6 Å². The Bertz CT molecular complexity index is 469. The van der Waals surface area contributed by atoms with Gasteiger partial charge in [-0.15, -0.1) is 0 Å². The number of rotatable bonds is 2. The SMILES string of the molecule is O=c1oc2ccc(CCO)cc2s1. The number of fused-ring (bicyclic) bond motifs is 1. The molecule has 0 saturated heterocycles. The molecule has 0 aliphatic heterocycles. The Morgan fingerprint density at radius 2 is 2.31 bits per heavy atom. The van der Waals surface area contributed by atoms with Gasteiger partial charge in [0.15, 0.2) is 0 Å². The first-order chi connectivity index (χ1) is 6.29. The Morgan fingerprint density at radius 3 is 3.08 bits per heavy atom. The number of aliphatic hydroxyl groups excluding tert-OH is 1. The zero-order chi connectivity index (χ0) is 9.26. The van der Waals surface area contributed by atoms with Gasteiger partial charge in [0.2, 0.25) is 0 Å². The smallest absolute Gasteiger partial charge is 0.396 e. The number of hydrogen-bond acceptors (Lipinski definition) is 4. The summed E-state index contributed by atoms with van der Waals surface area (Å²) in [5.74, 6) is 0. The van der Waals surface area contributed by atoms with E-state index >= 15 is 0 Å². The van der Waals surface area contributed by atoms with Crippen LogP contribution in [0.15, 0.2) is 27.4 Å². The topological polar surface area (TPSA) is 50.4 Å². The minimum atomic E-state index is -0.281. The number of benzene rings is 1. The predicted molar refractivity (Wildman–Crippen MR) is 51.2 cm³/mol. The molecule has 2 aromatic rings. The highest BCUT2D eigenvalue weighted by atomic mass is 32.1. The van der Waals surface area contributed by atoms with Gasteiger partial charge in [0.05, 0.1) is 4.70 Å². The van der Waals surface area contributed by atoms with Crippen molar-refractivity contribution >= 4 is 21.6 Å². The van der Waals surface area contributed by atoms with Gasteiger partial charge in [0.1, 0.15) is 5.58 Å². The third kappa shape index (κ3) is 1.64. The molecule has 0 aliphatic carbocycles. The van der Waals surface area contributed by atoms with Gasteiger partial charge in [-0.25, -0.2) is 4.79 Å². The quantitative estimate of drug-likeness (QED) is 0.789. The van der Waals surface area contributed by atoms with Gasteiger partial charge in [0, 0.05) is 6.61 Å². The van der Waals surface area contributed by atoms with E-state index in [1.54, 1.807) is 6.07 Å². The van der Waals surface area contributed by atoms with Crippen molar-refractivity contribution in [2.45, 2.75) is 6.42 Å². The van der Waals surface area contributed by atoms with E-state index in [-0.39, 0.29) is 11.5 Å². The highest BCUT2D eigenvalue weighted by Crippen LogP contribution is 2.18. The maximum atomic E-state index is 10.9. The van der Waals surface area contributed by atoms with Gasteiger partial charge in [0.25, 0.3) is 0 Å². The third-order valence-electron chi connectivity index (χ3n) is 1.80. The van der Waals surface area contributed by atoms with Crippen molar-refractivity contribution in [3.8, 4) is 0 Å². The van der Waals surface area contributed by atoms with E-state index in [4.69, 9.17) is 9.52 Å². The van der Waals surface area contributed by atoms with Gasteiger partial charge in [-0.1, -0.05) is 17.4 Å². The summed E-state index contributed by atoms with van der Waals surface area (Å²) in [4.78, 5) is 10.6. The monoisotopic (exact) mass is 196 g/mol. The second-order valence-corrected chi connectivity index (χ2v) is 3.69. The van der Waals surface area contributed by atoms with Crippen LogP contribution >= 0.6 is 11.3 Å². The third-order valence-corrected chi connectivity index (χ3v) is 2.58. The number of aliphatic hydroxyl groups is 1. The molecule has 2 rings (SSSR count). The van der Waals surface area contributed by atoms with Crippen LogP contribution in [0.4, 0.5) is 0 Å². The second kappa shape index (κ2) is 3.32. The molecule has 4 heteroatoms. The lowest BCUT2D eigenvalue weighted by Crippen LogP contribution is -1.88. The molecule has 68 valence electrons. The van der Waals surface area contributed by atoms with E-state index in [1.165, 1.54) is 0 Å². The van der Waals surface area contributed by atoms with E-state index in [0.29, 0.717) is 12.0 Å². The van der Waals surface area contributed by atoms with Gasteiger partial charge in [-0.3, -0.25) is 0 Å². The van der Waals surface area contributed by atoms with Crippen molar-refractivity contribution in [3.63, 3.8) is 0 Å². The molecule has 0 unspecified atom stereocenters. The van der Waals surface area contributed by atoms with Crippen LogP contribution in [0.5, 0.6) is 0 Å². The highest BCUT2D eigenvalue weighted by Gasteiger charge is 2.02. The Labute approximate surface area is 78.2 Å². The Balaban J connectivity index is 2.54. The Kier molecular flexibility index (Phi) is 2.16. The molecule has 1 aromatic carbocycles. The largest absolute Gasteiger partial charge is 0.414 e. The first kappa shape index (κ1) is 8.47. The van der Waals surface area contributed by atoms with Crippen LogP contribution in [-0.4, -0.2) is 11.7 Å². The maximum absolute atomic E-state index is 10.9. The zero-order valence-electron chi connectivity index (χ0n) is 6.82. The molecule has 0 amide bonds. The number of hydrogen-bond donors (Lipinski definition) is 1. The summed E-state index contributed by atoms with van der Waals surface area (Å²) in [6.45, 7) is 0.123. The fraction of sp³-hybridized carbons (Fsp3) is 0.222. The summed E-state index contributed by atoms with van der Waals surface area (Å²) in [5.41, 5.74) is 1.64.